The normalized spacial score (nSPS) is 18.0. The Bertz CT molecular complexity index is 783. The predicted molar refractivity (Wildman–Crippen MR) is 99.7 cm³/mol. The highest BCUT2D eigenvalue weighted by atomic mass is 16.5. The van der Waals surface area contributed by atoms with Crippen molar-refractivity contribution in [3.8, 4) is 5.75 Å². The lowest BCUT2D eigenvalue weighted by Gasteiger charge is -2.37. The highest BCUT2D eigenvalue weighted by molar-refractivity contribution is 5.87. The Morgan fingerprint density at radius 2 is 2.00 bits per heavy atom. The van der Waals surface area contributed by atoms with Crippen molar-refractivity contribution in [3.63, 3.8) is 0 Å². The largest absolute Gasteiger partial charge is 0.497 e. The number of morpholine rings is 1. The van der Waals surface area contributed by atoms with Crippen LogP contribution in [0.1, 0.15) is 57.0 Å². The monoisotopic (exact) mass is 373 g/mol. The van der Waals surface area contributed by atoms with E-state index in [0.29, 0.717) is 31.4 Å². The van der Waals surface area contributed by atoms with Gasteiger partial charge >= 0.3 is 0 Å². The van der Waals surface area contributed by atoms with Gasteiger partial charge in [-0.3, -0.25) is 4.79 Å². The fraction of sp³-hybridized carbons (Fsp3) is 0.550. The summed E-state index contributed by atoms with van der Waals surface area (Å²) in [6, 6.07) is 7.62. The zero-order valence-electron chi connectivity index (χ0n) is 16.6. The van der Waals surface area contributed by atoms with Gasteiger partial charge < -0.3 is 18.9 Å². The first kappa shape index (κ1) is 19.4. The van der Waals surface area contributed by atoms with Gasteiger partial charge in [-0.05, 0) is 31.5 Å². The van der Waals surface area contributed by atoms with Crippen molar-refractivity contribution in [1.82, 2.24) is 15.0 Å². The molecule has 0 aliphatic carbocycles. The lowest BCUT2D eigenvalue weighted by Crippen LogP contribution is -2.49. The molecule has 0 bridgehead atoms. The summed E-state index contributed by atoms with van der Waals surface area (Å²) in [7, 11) is 1.63. The van der Waals surface area contributed by atoms with Crippen LogP contribution in [0.2, 0.25) is 0 Å². The number of ether oxygens (including phenoxy) is 2. The number of nitrogens with zero attached hydrogens (tertiary/aromatic N) is 3. The second-order valence-electron chi connectivity index (χ2n) is 7.61. The molecular weight excluding hydrogens is 346 g/mol. The molecule has 7 nitrogen and oxygen atoms in total. The summed E-state index contributed by atoms with van der Waals surface area (Å²) >= 11 is 0. The van der Waals surface area contributed by atoms with Crippen LogP contribution in [0.5, 0.6) is 5.75 Å². The number of hydrogen-bond acceptors (Lipinski definition) is 6. The van der Waals surface area contributed by atoms with Crippen molar-refractivity contribution in [3.05, 3.63) is 41.5 Å². The van der Waals surface area contributed by atoms with Gasteiger partial charge in [-0.2, -0.15) is 4.98 Å². The summed E-state index contributed by atoms with van der Waals surface area (Å²) in [6.45, 7) is 9.26. The third kappa shape index (κ3) is 3.98. The molecule has 1 atom stereocenters. The van der Waals surface area contributed by atoms with E-state index in [9.17, 15) is 4.79 Å². The number of amides is 1. The molecule has 146 valence electrons. The maximum absolute atomic E-state index is 13.2. The first-order valence-electron chi connectivity index (χ1n) is 9.22. The number of aromatic nitrogens is 2. The van der Waals surface area contributed by atoms with Crippen molar-refractivity contribution in [2.24, 2.45) is 0 Å². The van der Waals surface area contributed by atoms with Gasteiger partial charge in [0.25, 0.3) is 0 Å². The summed E-state index contributed by atoms with van der Waals surface area (Å²) in [6.07, 6.45) is -0.370. The van der Waals surface area contributed by atoms with Crippen LogP contribution >= 0.6 is 0 Å². The van der Waals surface area contributed by atoms with Gasteiger partial charge in [0.2, 0.25) is 17.6 Å². The first-order chi connectivity index (χ1) is 12.8. The van der Waals surface area contributed by atoms with Crippen LogP contribution < -0.4 is 4.74 Å². The molecule has 0 unspecified atom stereocenters. The molecule has 0 N–H and O–H groups in total. The molecule has 3 rings (SSSR count). The number of carbonyl (C=O) groups excluding carboxylic acids is 1. The van der Waals surface area contributed by atoms with E-state index in [-0.39, 0.29) is 17.9 Å². The Morgan fingerprint density at radius 3 is 2.59 bits per heavy atom. The van der Waals surface area contributed by atoms with Gasteiger partial charge in [0.15, 0.2) is 0 Å². The molecule has 2 heterocycles. The van der Waals surface area contributed by atoms with E-state index in [1.54, 1.807) is 7.11 Å². The highest BCUT2D eigenvalue weighted by Crippen LogP contribution is 2.30. The molecule has 0 saturated carbocycles. The molecule has 0 radical (unpaired) electrons. The number of methoxy groups -OCH3 is 1. The van der Waals surface area contributed by atoms with Crippen LogP contribution in [-0.2, 0) is 14.9 Å². The fourth-order valence-corrected chi connectivity index (χ4v) is 3.13. The van der Waals surface area contributed by atoms with Crippen LogP contribution in [0.25, 0.3) is 0 Å². The zero-order chi connectivity index (χ0) is 19.6. The Balaban J connectivity index is 1.74. The van der Waals surface area contributed by atoms with Crippen LogP contribution in [0.15, 0.2) is 28.8 Å². The maximum atomic E-state index is 13.2. The van der Waals surface area contributed by atoms with E-state index in [1.165, 1.54) is 0 Å². The fourth-order valence-electron chi connectivity index (χ4n) is 3.13. The van der Waals surface area contributed by atoms with Crippen LogP contribution in [0, 0.1) is 0 Å². The Morgan fingerprint density at radius 1 is 1.30 bits per heavy atom. The minimum absolute atomic E-state index is 0.0496. The second kappa shape index (κ2) is 7.68. The predicted octanol–water partition coefficient (Wildman–Crippen LogP) is 3.08. The zero-order valence-corrected chi connectivity index (χ0v) is 16.6. The number of rotatable bonds is 5. The molecule has 2 aromatic rings. The minimum Gasteiger partial charge on any atom is -0.497 e. The summed E-state index contributed by atoms with van der Waals surface area (Å²) in [5.74, 6) is 2.05. The summed E-state index contributed by atoms with van der Waals surface area (Å²) < 4.78 is 16.3. The molecule has 27 heavy (non-hydrogen) atoms. The van der Waals surface area contributed by atoms with Gasteiger partial charge in [-0.15, -0.1) is 0 Å². The second-order valence-corrected chi connectivity index (χ2v) is 7.61. The average Bonchev–Trinajstić information content (AvgIpc) is 3.18. The summed E-state index contributed by atoms with van der Waals surface area (Å²) in [5.41, 5.74) is 0.284. The Hall–Kier alpha value is -2.41. The maximum Gasteiger partial charge on any atom is 0.232 e. The van der Waals surface area contributed by atoms with E-state index in [1.807, 2.05) is 56.9 Å². The van der Waals surface area contributed by atoms with Gasteiger partial charge in [0.05, 0.1) is 25.7 Å². The molecule has 1 amide bonds. The smallest absolute Gasteiger partial charge is 0.232 e. The molecule has 7 heteroatoms. The van der Waals surface area contributed by atoms with Crippen LogP contribution in [-0.4, -0.2) is 47.8 Å². The number of benzene rings is 1. The molecule has 1 saturated heterocycles. The Kier molecular flexibility index (Phi) is 5.51. The topological polar surface area (TPSA) is 77.7 Å². The SMILES string of the molecule is COc1ccc(C(C)(C)C(=O)N2CCO[C@@H](c3noc(C(C)C)n3)C2)cc1. The van der Waals surface area contributed by atoms with Gasteiger partial charge in [0, 0.05) is 12.5 Å². The van der Waals surface area contributed by atoms with E-state index >= 15 is 0 Å². The van der Waals surface area contributed by atoms with Gasteiger partial charge in [0.1, 0.15) is 11.9 Å². The summed E-state index contributed by atoms with van der Waals surface area (Å²) in [5, 5.41) is 4.03. The van der Waals surface area contributed by atoms with Crippen molar-refractivity contribution in [1.29, 1.82) is 0 Å². The van der Waals surface area contributed by atoms with E-state index in [2.05, 4.69) is 10.1 Å². The molecule has 0 spiro atoms. The quantitative estimate of drug-likeness (QED) is 0.801. The van der Waals surface area contributed by atoms with Gasteiger partial charge in [-0.1, -0.05) is 31.1 Å². The highest BCUT2D eigenvalue weighted by Gasteiger charge is 2.37. The number of hydrogen-bond donors (Lipinski definition) is 0. The molecular formula is C20H27N3O4. The van der Waals surface area contributed by atoms with E-state index in [4.69, 9.17) is 14.0 Å². The number of carbonyl (C=O) groups is 1. The van der Waals surface area contributed by atoms with Crippen LogP contribution in [0.4, 0.5) is 0 Å². The Labute approximate surface area is 159 Å². The molecule has 1 aromatic heterocycles. The van der Waals surface area contributed by atoms with Gasteiger partial charge in [-0.25, -0.2) is 0 Å². The first-order valence-corrected chi connectivity index (χ1v) is 9.22. The van der Waals surface area contributed by atoms with E-state index in [0.717, 1.165) is 11.3 Å². The van der Waals surface area contributed by atoms with E-state index < -0.39 is 5.41 Å². The lowest BCUT2D eigenvalue weighted by molar-refractivity contribution is -0.144. The molecule has 1 aliphatic heterocycles. The standard InChI is InChI=1S/C20H27N3O4/c1-13(2)18-21-17(22-27-18)16-12-23(10-11-26-16)19(24)20(3,4)14-6-8-15(25-5)9-7-14/h6-9,13,16H,10-12H2,1-5H3/t16-/m1/s1. The molecule has 1 fully saturated rings. The third-order valence-electron chi connectivity index (χ3n) is 4.94. The van der Waals surface area contributed by atoms with Crippen molar-refractivity contribution in [2.75, 3.05) is 26.8 Å². The van der Waals surface area contributed by atoms with Crippen LogP contribution in [0.3, 0.4) is 0 Å². The third-order valence-corrected chi connectivity index (χ3v) is 4.94. The van der Waals surface area contributed by atoms with Crippen molar-refractivity contribution < 1.29 is 18.8 Å². The minimum atomic E-state index is -0.658. The van der Waals surface area contributed by atoms with Crippen molar-refractivity contribution >= 4 is 5.91 Å². The van der Waals surface area contributed by atoms with Crippen molar-refractivity contribution in [2.45, 2.75) is 45.1 Å². The summed E-state index contributed by atoms with van der Waals surface area (Å²) in [4.78, 5) is 19.5. The lowest BCUT2D eigenvalue weighted by atomic mass is 9.83. The average molecular weight is 373 g/mol. The molecule has 1 aromatic carbocycles. The molecule has 1 aliphatic rings.